The fourth-order valence-electron chi connectivity index (χ4n) is 2.78. The van der Waals surface area contributed by atoms with Gasteiger partial charge in [-0.05, 0) is 25.7 Å². The molecule has 19 heavy (non-hydrogen) atoms. The third kappa shape index (κ3) is 11.0. The maximum Gasteiger partial charge on any atom is 0.133 e. The molecule has 110 valence electrons. The standard InChI is InChI=1S/C18H32O/c19-18-16-14-12-10-8-6-4-2-1-3-5-7-9-11-13-15-17-18/h10,12H,1-9,11,13-17H2. The van der Waals surface area contributed by atoms with Crippen molar-refractivity contribution >= 4 is 5.78 Å². The van der Waals surface area contributed by atoms with Crippen LogP contribution in [0.4, 0.5) is 0 Å². The molecule has 0 N–H and O–H groups in total. The van der Waals surface area contributed by atoms with Crippen LogP contribution in [-0.4, -0.2) is 5.78 Å². The Morgan fingerprint density at radius 3 is 1.63 bits per heavy atom. The van der Waals surface area contributed by atoms with Crippen molar-refractivity contribution in [1.29, 1.82) is 0 Å². The first-order valence-corrected chi connectivity index (χ1v) is 8.56. The quantitative estimate of drug-likeness (QED) is 0.492. The van der Waals surface area contributed by atoms with Crippen LogP contribution in [0.15, 0.2) is 12.2 Å². The summed E-state index contributed by atoms with van der Waals surface area (Å²) in [7, 11) is 0. The molecule has 0 saturated carbocycles. The molecule has 0 aromatic carbocycles. The van der Waals surface area contributed by atoms with Gasteiger partial charge in [0.1, 0.15) is 5.78 Å². The van der Waals surface area contributed by atoms with Crippen LogP contribution in [0.2, 0.25) is 0 Å². The van der Waals surface area contributed by atoms with Crippen LogP contribution < -0.4 is 0 Å². The molecule has 0 aromatic rings. The van der Waals surface area contributed by atoms with Gasteiger partial charge < -0.3 is 0 Å². The molecule has 1 aliphatic carbocycles. The number of carbonyl (C=O) groups excluding carboxylic acids is 1. The van der Waals surface area contributed by atoms with Gasteiger partial charge in [0.25, 0.3) is 0 Å². The summed E-state index contributed by atoms with van der Waals surface area (Å²) < 4.78 is 0. The summed E-state index contributed by atoms with van der Waals surface area (Å²) >= 11 is 0. The molecule has 1 rings (SSSR count). The zero-order valence-corrected chi connectivity index (χ0v) is 12.7. The molecule has 1 heteroatoms. The number of allylic oxidation sites excluding steroid dienone is 2. The van der Waals surface area contributed by atoms with E-state index in [4.69, 9.17) is 0 Å². The van der Waals surface area contributed by atoms with E-state index in [1.807, 2.05) is 0 Å². The van der Waals surface area contributed by atoms with Crippen LogP contribution in [0.3, 0.4) is 0 Å². The highest BCUT2D eigenvalue weighted by Crippen LogP contribution is 2.13. The van der Waals surface area contributed by atoms with E-state index in [1.165, 1.54) is 70.6 Å². The van der Waals surface area contributed by atoms with Gasteiger partial charge in [0.2, 0.25) is 0 Å². The lowest BCUT2D eigenvalue weighted by molar-refractivity contribution is -0.119. The Morgan fingerprint density at radius 1 is 0.526 bits per heavy atom. The second kappa shape index (κ2) is 12.4. The lowest BCUT2D eigenvalue weighted by Crippen LogP contribution is -1.96. The Labute approximate surface area is 119 Å². The largest absolute Gasteiger partial charge is 0.300 e. The summed E-state index contributed by atoms with van der Waals surface area (Å²) in [5, 5.41) is 0. The third-order valence-electron chi connectivity index (χ3n) is 4.08. The summed E-state index contributed by atoms with van der Waals surface area (Å²) in [6.07, 6.45) is 23.1. The van der Waals surface area contributed by atoms with Crippen molar-refractivity contribution in [3.05, 3.63) is 12.2 Å². The van der Waals surface area contributed by atoms with E-state index >= 15 is 0 Å². The fourth-order valence-corrected chi connectivity index (χ4v) is 2.78. The first kappa shape index (κ1) is 16.5. The Kier molecular flexibility index (Phi) is 10.8. The highest BCUT2D eigenvalue weighted by atomic mass is 16.1. The van der Waals surface area contributed by atoms with Gasteiger partial charge in [0.15, 0.2) is 0 Å². The molecule has 0 fully saturated rings. The Hall–Kier alpha value is -0.590. The van der Waals surface area contributed by atoms with Gasteiger partial charge in [-0.2, -0.15) is 0 Å². The zero-order valence-electron chi connectivity index (χ0n) is 12.7. The number of Topliss-reactive ketones (excluding diaryl/α,β-unsaturated/α-hetero) is 1. The summed E-state index contributed by atoms with van der Waals surface area (Å²) in [4.78, 5) is 11.6. The first-order valence-electron chi connectivity index (χ1n) is 8.56. The Bertz CT molecular complexity index is 242. The van der Waals surface area contributed by atoms with Crippen molar-refractivity contribution in [3.8, 4) is 0 Å². The molecule has 0 bridgehead atoms. The average molecular weight is 264 g/mol. The van der Waals surface area contributed by atoms with E-state index in [-0.39, 0.29) is 0 Å². The van der Waals surface area contributed by atoms with E-state index in [9.17, 15) is 4.79 Å². The normalized spacial score (nSPS) is 22.6. The molecule has 0 spiro atoms. The monoisotopic (exact) mass is 264 g/mol. The van der Waals surface area contributed by atoms with Crippen molar-refractivity contribution in [1.82, 2.24) is 0 Å². The molecule has 0 unspecified atom stereocenters. The van der Waals surface area contributed by atoms with Crippen LogP contribution in [0.1, 0.15) is 96.3 Å². The lowest BCUT2D eigenvalue weighted by Gasteiger charge is -2.03. The van der Waals surface area contributed by atoms with Crippen molar-refractivity contribution < 1.29 is 4.79 Å². The van der Waals surface area contributed by atoms with Crippen molar-refractivity contribution in [2.45, 2.75) is 96.3 Å². The highest BCUT2D eigenvalue weighted by Gasteiger charge is 2.00. The number of carbonyl (C=O) groups is 1. The maximum atomic E-state index is 11.6. The van der Waals surface area contributed by atoms with E-state index < -0.39 is 0 Å². The summed E-state index contributed by atoms with van der Waals surface area (Å²) in [5.41, 5.74) is 0. The molecule has 1 aliphatic rings. The van der Waals surface area contributed by atoms with Gasteiger partial charge in [-0.25, -0.2) is 0 Å². The second-order valence-corrected chi connectivity index (χ2v) is 5.98. The molecular weight excluding hydrogens is 232 g/mol. The number of hydrogen-bond acceptors (Lipinski definition) is 1. The molecule has 0 aliphatic heterocycles. The molecule has 0 saturated heterocycles. The fraction of sp³-hybridized carbons (Fsp3) is 0.833. The van der Waals surface area contributed by atoms with Crippen molar-refractivity contribution in [3.63, 3.8) is 0 Å². The van der Waals surface area contributed by atoms with E-state index in [0.29, 0.717) is 5.78 Å². The van der Waals surface area contributed by atoms with Gasteiger partial charge >= 0.3 is 0 Å². The van der Waals surface area contributed by atoms with Crippen LogP contribution in [-0.2, 0) is 4.79 Å². The van der Waals surface area contributed by atoms with Crippen LogP contribution >= 0.6 is 0 Å². The minimum atomic E-state index is 0.464. The van der Waals surface area contributed by atoms with Crippen molar-refractivity contribution in [2.75, 3.05) is 0 Å². The van der Waals surface area contributed by atoms with E-state index in [0.717, 1.165) is 25.7 Å². The summed E-state index contributed by atoms with van der Waals surface area (Å²) in [6.45, 7) is 0. The summed E-state index contributed by atoms with van der Waals surface area (Å²) in [5.74, 6) is 0.464. The number of ketones is 1. The third-order valence-corrected chi connectivity index (χ3v) is 4.08. The predicted molar refractivity (Wildman–Crippen MR) is 83.4 cm³/mol. The average Bonchev–Trinajstić information content (AvgIpc) is 2.41. The highest BCUT2D eigenvalue weighted by molar-refractivity contribution is 5.78. The first-order chi connectivity index (χ1) is 9.39. The molecule has 0 heterocycles. The molecule has 1 nitrogen and oxygen atoms in total. The van der Waals surface area contributed by atoms with Gasteiger partial charge in [0.05, 0.1) is 0 Å². The second-order valence-electron chi connectivity index (χ2n) is 5.98. The smallest absolute Gasteiger partial charge is 0.133 e. The van der Waals surface area contributed by atoms with E-state index in [1.54, 1.807) is 0 Å². The van der Waals surface area contributed by atoms with Crippen LogP contribution in [0.5, 0.6) is 0 Å². The minimum Gasteiger partial charge on any atom is -0.300 e. The van der Waals surface area contributed by atoms with Gasteiger partial charge in [-0.1, -0.05) is 69.9 Å². The number of rotatable bonds is 0. The zero-order chi connectivity index (χ0) is 13.6. The topological polar surface area (TPSA) is 17.1 Å². The van der Waals surface area contributed by atoms with Crippen LogP contribution in [0.25, 0.3) is 0 Å². The Balaban J connectivity index is 2.17. The van der Waals surface area contributed by atoms with Gasteiger partial charge in [-0.15, -0.1) is 0 Å². The minimum absolute atomic E-state index is 0.464. The molecule has 0 radical (unpaired) electrons. The maximum absolute atomic E-state index is 11.6. The lowest BCUT2D eigenvalue weighted by atomic mass is 10.0. The molecule has 0 amide bonds. The molecule has 0 aromatic heterocycles. The Morgan fingerprint density at radius 2 is 1.00 bits per heavy atom. The SMILES string of the molecule is O=C1CCC=CCCCCCCCCCCCCC1. The number of hydrogen-bond donors (Lipinski definition) is 0. The van der Waals surface area contributed by atoms with Crippen LogP contribution in [0, 0.1) is 0 Å². The molecular formula is C18H32O. The molecule has 0 atom stereocenters. The van der Waals surface area contributed by atoms with E-state index in [2.05, 4.69) is 12.2 Å². The summed E-state index contributed by atoms with van der Waals surface area (Å²) in [6, 6.07) is 0. The van der Waals surface area contributed by atoms with Crippen molar-refractivity contribution in [2.24, 2.45) is 0 Å². The predicted octanol–water partition coefficient (Wildman–Crippen LogP) is 5.98. The van der Waals surface area contributed by atoms with Gasteiger partial charge in [0, 0.05) is 12.8 Å². The van der Waals surface area contributed by atoms with Gasteiger partial charge in [-0.3, -0.25) is 4.79 Å².